The monoisotopic (exact) mass is 312 g/mol. The quantitative estimate of drug-likeness (QED) is 0.923. The molecule has 0 unspecified atom stereocenters. The second-order valence-electron chi connectivity index (χ2n) is 7.03. The van der Waals surface area contributed by atoms with Crippen LogP contribution >= 0.6 is 0 Å². The van der Waals surface area contributed by atoms with Crippen molar-refractivity contribution in [3.63, 3.8) is 0 Å². The van der Waals surface area contributed by atoms with Crippen LogP contribution in [0.5, 0.6) is 0 Å². The standard InChI is InChI=1S/C19H24N2O2/c1-13-2-7-17(23-13)11-20-16-6-8-18-15(10-16)5-9-19(22)21(18)12-14-3-4-14/h2,5,7,9,14,16,20H,3-4,6,8,10-12H2,1H3/t16-/m1/s1. The first-order valence-electron chi connectivity index (χ1n) is 8.69. The third-order valence-electron chi connectivity index (χ3n) is 5.08. The van der Waals surface area contributed by atoms with E-state index in [-0.39, 0.29) is 5.56 Å². The minimum atomic E-state index is 0.174. The van der Waals surface area contributed by atoms with Crippen LogP contribution in [0.15, 0.2) is 33.5 Å². The van der Waals surface area contributed by atoms with Gasteiger partial charge in [-0.3, -0.25) is 4.79 Å². The molecule has 0 aromatic carbocycles. The lowest BCUT2D eigenvalue weighted by Crippen LogP contribution is -2.37. The molecule has 0 amide bonds. The number of hydrogen-bond acceptors (Lipinski definition) is 3. The predicted molar refractivity (Wildman–Crippen MR) is 89.5 cm³/mol. The highest BCUT2D eigenvalue weighted by Gasteiger charge is 2.26. The topological polar surface area (TPSA) is 47.2 Å². The Morgan fingerprint density at radius 3 is 2.83 bits per heavy atom. The Morgan fingerprint density at radius 1 is 1.22 bits per heavy atom. The van der Waals surface area contributed by atoms with E-state index in [4.69, 9.17) is 4.42 Å². The normalized spacial score (nSPS) is 20.5. The molecule has 1 fully saturated rings. The molecule has 122 valence electrons. The summed E-state index contributed by atoms with van der Waals surface area (Å²) in [6.07, 6.45) is 5.64. The van der Waals surface area contributed by atoms with Crippen LogP contribution in [0.25, 0.3) is 0 Å². The predicted octanol–water partition coefficient (Wildman–Crippen LogP) is 2.81. The maximum Gasteiger partial charge on any atom is 0.250 e. The molecular formula is C19H24N2O2. The maximum absolute atomic E-state index is 12.2. The SMILES string of the molecule is Cc1ccc(CN[C@@H]2CCc3c(ccc(=O)n3CC3CC3)C2)o1. The number of furan rings is 1. The number of rotatable bonds is 5. The summed E-state index contributed by atoms with van der Waals surface area (Å²) >= 11 is 0. The highest BCUT2D eigenvalue weighted by atomic mass is 16.3. The average Bonchev–Trinajstić information content (AvgIpc) is 3.28. The summed E-state index contributed by atoms with van der Waals surface area (Å²) in [7, 11) is 0. The molecule has 4 heteroatoms. The van der Waals surface area contributed by atoms with Crippen LogP contribution in [0.4, 0.5) is 0 Å². The van der Waals surface area contributed by atoms with Crippen molar-refractivity contribution in [3.8, 4) is 0 Å². The highest BCUT2D eigenvalue weighted by molar-refractivity contribution is 5.26. The van der Waals surface area contributed by atoms with Crippen molar-refractivity contribution in [3.05, 3.63) is 57.4 Å². The molecule has 2 aliphatic rings. The highest BCUT2D eigenvalue weighted by Crippen LogP contribution is 2.31. The van der Waals surface area contributed by atoms with Crippen LogP contribution < -0.4 is 10.9 Å². The van der Waals surface area contributed by atoms with Crippen LogP contribution in [0, 0.1) is 12.8 Å². The van der Waals surface area contributed by atoms with Gasteiger partial charge in [0.25, 0.3) is 5.56 Å². The number of aromatic nitrogens is 1. The third-order valence-corrected chi connectivity index (χ3v) is 5.08. The molecule has 0 aliphatic heterocycles. The van der Waals surface area contributed by atoms with Gasteiger partial charge in [0.15, 0.2) is 0 Å². The largest absolute Gasteiger partial charge is 0.465 e. The van der Waals surface area contributed by atoms with Gasteiger partial charge in [0.2, 0.25) is 0 Å². The maximum atomic E-state index is 12.2. The first kappa shape index (κ1) is 14.8. The van der Waals surface area contributed by atoms with Gasteiger partial charge in [0.1, 0.15) is 11.5 Å². The number of pyridine rings is 1. The molecule has 4 nitrogen and oxygen atoms in total. The zero-order chi connectivity index (χ0) is 15.8. The van der Waals surface area contributed by atoms with Gasteiger partial charge in [0.05, 0.1) is 6.54 Å². The Bertz CT molecular complexity index is 755. The minimum absolute atomic E-state index is 0.174. The van der Waals surface area contributed by atoms with Crippen LogP contribution in [-0.4, -0.2) is 10.6 Å². The van der Waals surface area contributed by atoms with Crippen molar-refractivity contribution in [1.29, 1.82) is 0 Å². The van der Waals surface area contributed by atoms with Gasteiger partial charge in [-0.05, 0) is 62.6 Å². The summed E-state index contributed by atoms with van der Waals surface area (Å²) in [6.45, 7) is 3.67. The van der Waals surface area contributed by atoms with Crippen LogP contribution in [0.2, 0.25) is 0 Å². The average molecular weight is 312 g/mol. The Kier molecular flexibility index (Phi) is 3.85. The minimum Gasteiger partial charge on any atom is -0.465 e. The first-order valence-corrected chi connectivity index (χ1v) is 8.69. The zero-order valence-electron chi connectivity index (χ0n) is 13.7. The molecule has 0 saturated heterocycles. The Balaban J connectivity index is 1.45. The van der Waals surface area contributed by atoms with E-state index in [1.165, 1.54) is 24.1 Å². The second kappa shape index (κ2) is 6.00. The van der Waals surface area contributed by atoms with E-state index >= 15 is 0 Å². The van der Waals surface area contributed by atoms with Gasteiger partial charge in [-0.25, -0.2) is 0 Å². The van der Waals surface area contributed by atoms with Crippen molar-refractivity contribution >= 4 is 0 Å². The molecule has 0 spiro atoms. The second-order valence-corrected chi connectivity index (χ2v) is 7.03. The molecule has 2 heterocycles. The summed E-state index contributed by atoms with van der Waals surface area (Å²) < 4.78 is 7.66. The van der Waals surface area contributed by atoms with Crippen molar-refractivity contribution in [2.75, 3.05) is 0 Å². The molecule has 2 aliphatic carbocycles. The molecule has 4 rings (SSSR count). The summed E-state index contributed by atoms with van der Waals surface area (Å²) in [4.78, 5) is 12.2. The van der Waals surface area contributed by atoms with Gasteiger partial charge in [0, 0.05) is 24.3 Å². The Hall–Kier alpha value is -1.81. The molecular weight excluding hydrogens is 288 g/mol. The van der Waals surface area contributed by atoms with Crippen molar-refractivity contribution in [2.24, 2.45) is 5.92 Å². The Labute approximate surface area is 136 Å². The van der Waals surface area contributed by atoms with Crippen molar-refractivity contribution < 1.29 is 4.42 Å². The molecule has 0 radical (unpaired) electrons. The molecule has 23 heavy (non-hydrogen) atoms. The lowest BCUT2D eigenvalue weighted by atomic mass is 9.91. The molecule has 0 bridgehead atoms. The van der Waals surface area contributed by atoms with Crippen LogP contribution in [0.3, 0.4) is 0 Å². The molecule has 1 atom stereocenters. The van der Waals surface area contributed by atoms with Crippen LogP contribution in [-0.2, 0) is 25.9 Å². The van der Waals surface area contributed by atoms with Gasteiger partial charge in [-0.15, -0.1) is 0 Å². The fourth-order valence-electron chi connectivity index (χ4n) is 3.58. The molecule has 2 aromatic rings. The third kappa shape index (κ3) is 3.27. The van der Waals surface area contributed by atoms with E-state index in [0.717, 1.165) is 49.8 Å². The number of aryl methyl sites for hydroxylation is 1. The summed E-state index contributed by atoms with van der Waals surface area (Å²) in [5, 5.41) is 3.60. The first-order chi connectivity index (χ1) is 11.2. The number of nitrogens with one attached hydrogen (secondary N) is 1. The lowest BCUT2D eigenvalue weighted by Gasteiger charge is -2.27. The van der Waals surface area contributed by atoms with Gasteiger partial charge in [-0.1, -0.05) is 6.07 Å². The van der Waals surface area contributed by atoms with Crippen molar-refractivity contribution in [1.82, 2.24) is 9.88 Å². The summed E-state index contributed by atoms with van der Waals surface area (Å²) in [6, 6.07) is 8.28. The van der Waals surface area contributed by atoms with E-state index in [1.807, 2.05) is 29.7 Å². The summed E-state index contributed by atoms with van der Waals surface area (Å²) in [5.74, 6) is 2.68. The van der Waals surface area contributed by atoms with E-state index in [0.29, 0.717) is 6.04 Å². The smallest absolute Gasteiger partial charge is 0.250 e. The Morgan fingerprint density at radius 2 is 2.09 bits per heavy atom. The number of fused-ring (bicyclic) bond motifs is 1. The van der Waals surface area contributed by atoms with E-state index in [1.54, 1.807) is 6.07 Å². The molecule has 1 N–H and O–H groups in total. The molecule has 1 saturated carbocycles. The number of hydrogen-bond donors (Lipinski definition) is 1. The fourth-order valence-corrected chi connectivity index (χ4v) is 3.58. The fraction of sp³-hybridized carbons (Fsp3) is 0.526. The zero-order valence-corrected chi connectivity index (χ0v) is 13.7. The van der Waals surface area contributed by atoms with Crippen molar-refractivity contribution in [2.45, 2.75) is 58.2 Å². The van der Waals surface area contributed by atoms with E-state index in [2.05, 4.69) is 5.32 Å². The van der Waals surface area contributed by atoms with Gasteiger partial charge < -0.3 is 14.3 Å². The van der Waals surface area contributed by atoms with Gasteiger partial charge in [-0.2, -0.15) is 0 Å². The summed E-state index contributed by atoms with van der Waals surface area (Å²) in [5.41, 5.74) is 2.79. The number of nitrogens with zero attached hydrogens (tertiary/aromatic N) is 1. The molecule has 2 aromatic heterocycles. The van der Waals surface area contributed by atoms with E-state index in [9.17, 15) is 4.79 Å². The van der Waals surface area contributed by atoms with E-state index < -0.39 is 0 Å². The lowest BCUT2D eigenvalue weighted by molar-refractivity contribution is 0.399. The van der Waals surface area contributed by atoms with Crippen LogP contribution in [0.1, 0.15) is 42.0 Å². The van der Waals surface area contributed by atoms with Gasteiger partial charge >= 0.3 is 0 Å².